The van der Waals surface area contributed by atoms with Crippen molar-refractivity contribution in [2.24, 2.45) is 0 Å². The van der Waals surface area contributed by atoms with Crippen LogP contribution in [0.15, 0.2) is 59.1 Å². The van der Waals surface area contributed by atoms with E-state index in [4.69, 9.17) is 4.74 Å². The Kier molecular flexibility index (Phi) is 6.52. The molecule has 0 unspecified atom stereocenters. The van der Waals surface area contributed by atoms with Crippen molar-refractivity contribution >= 4 is 27.8 Å². The van der Waals surface area contributed by atoms with Crippen LogP contribution in [0.1, 0.15) is 17.2 Å². The van der Waals surface area contributed by atoms with Gasteiger partial charge in [0.25, 0.3) is 5.91 Å². The lowest BCUT2D eigenvalue weighted by Gasteiger charge is -2.19. The molecule has 0 saturated heterocycles. The highest BCUT2D eigenvalue weighted by Crippen LogP contribution is 2.15. The Morgan fingerprint density at radius 2 is 1.75 bits per heavy atom. The largest absolute Gasteiger partial charge is 0.467 e. The maximum Gasteiger partial charge on any atom is 0.328 e. The topological polar surface area (TPSA) is 75.6 Å². The number of aliphatic hydroxyl groups is 1. The minimum Gasteiger partial charge on any atom is -0.467 e. The number of hydrogen-bond acceptors (Lipinski definition) is 4. The molecule has 2 rings (SSSR count). The number of halogens is 1. The van der Waals surface area contributed by atoms with Gasteiger partial charge in [-0.3, -0.25) is 4.79 Å². The summed E-state index contributed by atoms with van der Waals surface area (Å²) in [4.78, 5) is 24.2. The molecule has 0 radical (unpaired) electrons. The highest BCUT2D eigenvalue weighted by atomic mass is 79.9. The van der Waals surface area contributed by atoms with E-state index in [0.717, 1.165) is 10.0 Å². The van der Waals surface area contributed by atoms with Crippen LogP contribution in [0.3, 0.4) is 0 Å². The van der Waals surface area contributed by atoms with Crippen molar-refractivity contribution in [3.63, 3.8) is 0 Å². The maximum atomic E-state index is 12.2. The van der Waals surface area contributed by atoms with Gasteiger partial charge in [-0.1, -0.05) is 58.4 Å². The van der Waals surface area contributed by atoms with Gasteiger partial charge in [-0.05, 0) is 23.3 Å². The van der Waals surface area contributed by atoms with Gasteiger partial charge in [0.2, 0.25) is 0 Å². The van der Waals surface area contributed by atoms with E-state index in [2.05, 4.69) is 21.2 Å². The molecular weight excluding hydrogens is 374 g/mol. The Morgan fingerprint density at radius 1 is 1.12 bits per heavy atom. The van der Waals surface area contributed by atoms with Gasteiger partial charge in [0.15, 0.2) is 6.10 Å². The second-order valence-electron chi connectivity index (χ2n) is 5.23. The van der Waals surface area contributed by atoms with Gasteiger partial charge in [-0.15, -0.1) is 0 Å². The van der Waals surface area contributed by atoms with E-state index in [1.807, 2.05) is 24.3 Å². The average molecular weight is 392 g/mol. The van der Waals surface area contributed by atoms with Crippen LogP contribution in [0.4, 0.5) is 0 Å². The Morgan fingerprint density at radius 3 is 2.33 bits per heavy atom. The lowest BCUT2D eigenvalue weighted by atomic mass is 10.0. The van der Waals surface area contributed by atoms with E-state index in [0.29, 0.717) is 5.56 Å². The molecule has 24 heavy (non-hydrogen) atoms. The van der Waals surface area contributed by atoms with Gasteiger partial charge in [-0.25, -0.2) is 4.79 Å². The number of carbonyl (C=O) groups excluding carboxylic acids is 2. The first kappa shape index (κ1) is 18.2. The monoisotopic (exact) mass is 391 g/mol. The van der Waals surface area contributed by atoms with E-state index in [-0.39, 0.29) is 6.42 Å². The van der Waals surface area contributed by atoms with E-state index in [1.165, 1.54) is 7.11 Å². The molecule has 0 bridgehead atoms. The minimum absolute atomic E-state index is 0.271. The first-order valence-corrected chi connectivity index (χ1v) is 8.16. The second kappa shape index (κ2) is 8.61. The number of esters is 1. The van der Waals surface area contributed by atoms with E-state index in [9.17, 15) is 14.7 Å². The smallest absolute Gasteiger partial charge is 0.328 e. The number of aliphatic hydroxyl groups excluding tert-OH is 1. The maximum absolute atomic E-state index is 12.2. The first-order valence-electron chi connectivity index (χ1n) is 7.37. The Labute approximate surface area is 148 Å². The lowest BCUT2D eigenvalue weighted by molar-refractivity contribution is -0.146. The molecule has 0 heterocycles. The van der Waals surface area contributed by atoms with Gasteiger partial charge in [0, 0.05) is 10.9 Å². The van der Waals surface area contributed by atoms with Gasteiger partial charge in [-0.2, -0.15) is 0 Å². The molecule has 2 N–H and O–H groups in total. The Balaban J connectivity index is 2.09. The van der Waals surface area contributed by atoms with E-state index in [1.54, 1.807) is 30.3 Å². The Hall–Kier alpha value is -2.18. The summed E-state index contributed by atoms with van der Waals surface area (Å²) >= 11 is 3.35. The van der Waals surface area contributed by atoms with Crippen LogP contribution in [-0.2, 0) is 20.7 Å². The third kappa shape index (κ3) is 4.91. The number of ether oxygens (including phenoxy) is 1. The predicted octanol–water partition coefficient (Wildman–Crippen LogP) is 2.38. The molecule has 5 nitrogen and oxygen atoms in total. The van der Waals surface area contributed by atoms with Crippen LogP contribution < -0.4 is 5.32 Å². The van der Waals surface area contributed by atoms with Crippen LogP contribution in [0.2, 0.25) is 0 Å². The zero-order chi connectivity index (χ0) is 17.5. The molecule has 126 valence electrons. The fourth-order valence-electron chi connectivity index (χ4n) is 2.23. The number of methoxy groups -OCH3 is 1. The number of nitrogens with one attached hydrogen (secondary N) is 1. The zero-order valence-corrected chi connectivity index (χ0v) is 14.7. The minimum atomic E-state index is -1.34. The van der Waals surface area contributed by atoms with Crippen molar-refractivity contribution in [1.82, 2.24) is 5.32 Å². The highest BCUT2D eigenvalue weighted by Gasteiger charge is 2.26. The van der Waals surface area contributed by atoms with Crippen LogP contribution in [0.25, 0.3) is 0 Å². The quantitative estimate of drug-likeness (QED) is 0.741. The zero-order valence-electron chi connectivity index (χ0n) is 13.1. The Bertz CT molecular complexity index is 688. The SMILES string of the molecule is COC(=O)[C@H](Cc1ccc(Br)cc1)NC(=O)[C@@H](O)c1ccccc1. The molecule has 2 aromatic carbocycles. The number of rotatable bonds is 6. The van der Waals surface area contributed by atoms with Crippen molar-refractivity contribution in [2.45, 2.75) is 18.6 Å². The van der Waals surface area contributed by atoms with Crippen molar-refractivity contribution < 1.29 is 19.4 Å². The molecule has 0 fully saturated rings. The third-order valence-electron chi connectivity index (χ3n) is 3.52. The van der Waals surface area contributed by atoms with Crippen molar-refractivity contribution in [3.8, 4) is 0 Å². The summed E-state index contributed by atoms with van der Waals surface area (Å²) in [6.07, 6.45) is -1.07. The summed E-state index contributed by atoms with van der Waals surface area (Å²) in [5, 5.41) is 12.7. The van der Waals surface area contributed by atoms with Gasteiger partial charge < -0.3 is 15.2 Å². The van der Waals surface area contributed by atoms with Crippen molar-refractivity contribution in [2.75, 3.05) is 7.11 Å². The van der Waals surface area contributed by atoms with E-state index < -0.39 is 24.0 Å². The second-order valence-corrected chi connectivity index (χ2v) is 6.14. The first-order chi connectivity index (χ1) is 11.5. The fraction of sp³-hybridized carbons (Fsp3) is 0.222. The number of benzene rings is 2. The van der Waals surface area contributed by atoms with Crippen molar-refractivity contribution in [1.29, 1.82) is 0 Å². The van der Waals surface area contributed by atoms with Crippen molar-refractivity contribution in [3.05, 3.63) is 70.2 Å². The molecular formula is C18H18BrNO4. The highest BCUT2D eigenvalue weighted by molar-refractivity contribution is 9.10. The van der Waals surface area contributed by atoms with Gasteiger partial charge >= 0.3 is 5.97 Å². The molecule has 6 heteroatoms. The van der Waals surface area contributed by atoms with Crippen LogP contribution >= 0.6 is 15.9 Å². The number of hydrogen-bond donors (Lipinski definition) is 2. The van der Waals surface area contributed by atoms with Crippen LogP contribution in [0, 0.1) is 0 Å². The molecule has 2 aromatic rings. The molecule has 0 spiro atoms. The summed E-state index contributed by atoms with van der Waals surface area (Å²) in [6, 6.07) is 15.1. The summed E-state index contributed by atoms with van der Waals surface area (Å²) < 4.78 is 5.67. The standard InChI is InChI=1S/C18H18BrNO4/c1-24-18(23)15(11-12-7-9-14(19)10-8-12)20-17(22)16(21)13-5-3-2-4-6-13/h2-10,15-16,21H,11H2,1H3,(H,20,22)/t15-,16-/m0/s1. The fourth-order valence-corrected chi connectivity index (χ4v) is 2.49. The lowest BCUT2D eigenvalue weighted by Crippen LogP contribution is -2.45. The summed E-state index contributed by atoms with van der Waals surface area (Å²) in [7, 11) is 1.26. The molecule has 0 aliphatic carbocycles. The van der Waals surface area contributed by atoms with Crippen LogP contribution in [-0.4, -0.2) is 30.1 Å². The molecule has 0 aliphatic rings. The summed E-state index contributed by atoms with van der Waals surface area (Å²) in [5.74, 6) is -1.21. The normalized spacial score (nSPS) is 13.0. The van der Waals surface area contributed by atoms with Gasteiger partial charge in [0.05, 0.1) is 7.11 Å². The molecule has 0 aliphatic heterocycles. The number of amides is 1. The third-order valence-corrected chi connectivity index (χ3v) is 4.05. The number of carbonyl (C=O) groups is 2. The molecule has 0 aromatic heterocycles. The molecule has 1 amide bonds. The summed E-state index contributed by atoms with van der Waals surface area (Å²) in [6.45, 7) is 0. The average Bonchev–Trinajstić information content (AvgIpc) is 2.62. The van der Waals surface area contributed by atoms with Gasteiger partial charge in [0.1, 0.15) is 6.04 Å². The molecule has 0 saturated carbocycles. The predicted molar refractivity (Wildman–Crippen MR) is 93.2 cm³/mol. The van der Waals surface area contributed by atoms with Crippen LogP contribution in [0.5, 0.6) is 0 Å². The summed E-state index contributed by atoms with van der Waals surface area (Å²) in [5.41, 5.74) is 1.32. The molecule has 2 atom stereocenters. The van der Waals surface area contributed by atoms with E-state index >= 15 is 0 Å².